The van der Waals surface area contributed by atoms with Gasteiger partial charge in [0.25, 0.3) is 0 Å². The molecule has 23 heavy (non-hydrogen) atoms. The van der Waals surface area contributed by atoms with Gasteiger partial charge in [0.05, 0.1) is 13.7 Å². The van der Waals surface area contributed by atoms with E-state index >= 15 is 0 Å². The molecule has 0 unspecified atom stereocenters. The first-order chi connectivity index (χ1) is 11.1. The number of amides is 2. The summed E-state index contributed by atoms with van der Waals surface area (Å²) in [5, 5.41) is 3.19. The van der Waals surface area contributed by atoms with E-state index in [1.165, 1.54) is 5.56 Å². The van der Waals surface area contributed by atoms with Crippen LogP contribution in [0.15, 0.2) is 24.3 Å². The molecule has 0 saturated carbocycles. The van der Waals surface area contributed by atoms with Crippen LogP contribution in [0.2, 0.25) is 0 Å². The third kappa shape index (κ3) is 5.25. The second kappa shape index (κ2) is 8.53. The predicted octanol–water partition coefficient (Wildman–Crippen LogP) is 0.518. The van der Waals surface area contributed by atoms with E-state index in [1.807, 2.05) is 29.2 Å². The molecule has 1 aromatic carbocycles. The number of carbonyl (C=O) groups is 2. The van der Waals surface area contributed by atoms with Crippen LogP contribution in [-0.2, 0) is 16.0 Å². The van der Waals surface area contributed by atoms with E-state index < -0.39 is 0 Å². The van der Waals surface area contributed by atoms with Gasteiger partial charge in [-0.2, -0.15) is 0 Å². The fraction of sp³-hybridized carbons (Fsp3) is 0.529. The Bertz CT molecular complexity index is 540. The van der Waals surface area contributed by atoms with Crippen LogP contribution in [0, 0.1) is 0 Å². The van der Waals surface area contributed by atoms with Crippen molar-refractivity contribution in [2.24, 2.45) is 0 Å². The fourth-order valence-corrected chi connectivity index (χ4v) is 2.64. The Balaban J connectivity index is 1.66. The number of rotatable bonds is 6. The van der Waals surface area contributed by atoms with E-state index in [9.17, 15) is 9.59 Å². The SMILES string of the molecule is COc1cccc(CCNCC(=O)N2CCN(C(C)=O)CC2)c1. The van der Waals surface area contributed by atoms with Gasteiger partial charge in [-0.3, -0.25) is 9.59 Å². The van der Waals surface area contributed by atoms with Gasteiger partial charge in [0.15, 0.2) is 0 Å². The smallest absolute Gasteiger partial charge is 0.236 e. The lowest BCUT2D eigenvalue weighted by Crippen LogP contribution is -2.51. The van der Waals surface area contributed by atoms with Gasteiger partial charge in [-0.25, -0.2) is 0 Å². The molecular formula is C17H25N3O3. The molecule has 0 atom stereocenters. The molecule has 0 spiro atoms. The van der Waals surface area contributed by atoms with Crippen molar-refractivity contribution in [2.75, 3.05) is 46.4 Å². The number of methoxy groups -OCH3 is 1. The Hall–Kier alpha value is -2.08. The van der Waals surface area contributed by atoms with Crippen LogP contribution >= 0.6 is 0 Å². The third-order valence-electron chi connectivity index (χ3n) is 4.08. The van der Waals surface area contributed by atoms with Gasteiger partial charge < -0.3 is 19.9 Å². The molecular weight excluding hydrogens is 294 g/mol. The summed E-state index contributed by atoms with van der Waals surface area (Å²) in [5.74, 6) is 1.02. The van der Waals surface area contributed by atoms with Gasteiger partial charge in [0, 0.05) is 33.1 Å². The van der Waals surface area contributed by atoms with Crippen molar-refractivity contribution in [3.63, 3.8) is 0 Å². The van der Waals surface area contributed by atoms with Crippen LogP contribution < -0.4 is 10.1 Å². The number of hydrogen-bond acceptors (Lipinski definition) is 4. The van der Waals surface area contributed by atoms with Gasteiger partial charge in [-0.05, 0) is 30.7 Å². The maximum absolute atomic E-state index is 12.1. The minimum absolute atomic E-state index is 0.0773. The van der Waals surface area contributed by atoms with Crippen LogP contribution in [0.1, 0.15) is 12.5 Å². The summed E-state index contributed by atoms with van der Waals surface area (Å²) in [6.07, 6.45) is 0.850. The highest BCUT2D eigenvalue weighted by molar-refractivity contribution is 5.79. The molecule has 1 fully saturated rings. The number of piperazine rings is 1. The zero-order valence-corrected chi connectivity index (χ0v) is 13.9. The van der Waals surface area contributed by atoms with Crippen molar-refractivity contribution >= 4 is 11.8 Å². The summed E-state index contributed by atoms with van der Waals surface area (Å²) in [5.41, 5.74) is 1.18. The van der Waals surface area contributed by atoms with Gasteiger partial charge in [0.2, 0.25) is 11.8 Å². The molecule has 1 heterocycles. The first-order valence-corrected chi connectivity index (χ1v) is 7.97. The minimum atomic E-state index is 0.0773. The average Bonchev–Trinajstić information content (AvgIpc) is 2.58. The van der Waals surface area contributed by atoms with Crippen molar-refractivity contribution in [2.45, 2.75) is 13.3 Å². The van der Waals surface area contributed by atoms with E-state index in [1.54, 1.807) is 18.9 Å². The monoisotopic (exact) mass is 319 g/mol. The summed E-state index contributed by atoms with van der Waals surface area (Å²) in [4.78, 5) is 27.0. The van der Waals surface area contributed by atoms with Crippen LogP contribution in [0.3, 0.4) is 0 Å². The van der Waals surface area contributed by atoms with E-state index in [2.05, 4.69) is 5.32 Å². The van der Waals surface area contributed by atoms with E-state index in [0.717, 1.165) is 18.7 Å². The van der Waals surface area contributed by atoms with Crippen LogP contribution in [0.25, 0.3) is 0 Å². The van der Waals surface area contributed by atoms with Crippen molar-refractivity contribution in [1.82, 2.24) is 15.1 Å². The van der Waals surface area contributed by atoms with Crippen molar-refractivity contribution < 1.29 is 14.3 Å². The zero-order chi connectivity index (χ0) is 16.7. The van der Waals surface area contributed by atoms with Gasteiger partial charge >= 0.3 is 0 Å². The summed E-state index contributed by atoms with van der Waals surface area (Å²) < 4.78 is 5.20. The van der Waals surface area contributed by atoms with E-state index in [0.29, 0.717) is 32.7 Å². The number of ether oxygens (including phenoxy) is 1. The lowest BCUT2D eigenvalue weighted by Gasteiger charge is -2.34. The third-order valence-corrected chi connectivity index (χ3v) is 4.08. The molecule has 1 aliphatic rings. The second-order valence-corrected chi connectivity index (χ2v) is 5.67. The maximum atomic E-state index is 12.1. The molecule has 2 amide bonds. The number of hydrogen-bond donors (Lipinski definition) is 1. The fourth-order valence-electron chi connectivity index (χ4n) is 2.64. The van der Waals surface area contributed by atoms with Crippen molar-refractivity contribution in [3.8, 4) is 5.75 Å². The Morgan fingerprint density at radius 3 is 2.52 bits per heavy atom. The predicted molar refractivity (Wildman–Crippen MR) is 88.4 cm³/mol. The second-order valence-electron chi connectivity index (χ2n) is 5.67. The molecule has 6 nitrogen and oxygen atoms in total. The topological polar surface area (TPSA) is 61.9 Å². The first kappa shape index (κ1) is 17.3. The summed E-state index contributed by atoms with van der Waals surface area (Å²) in [6.45, 7) is 5.15. The number of carbonyl (C=O) groups excluding carboxylic acids is 2. The molecule has 1 aliphatic heterocycles. The van der Waals surface area contributed by atoms with Gasteiger partial charge in [-0.15, -0.1) is 0 Å². The quantitative estimate of drug-likeness (QED) is 0.777. The first-order valence-electron chi connectivity index (χ1n) is 7.97. The Labute approximate surface area is 137 Å². The largest absolute Gasteiger partial charge is 0.497 e. The highest BCUT2D eigenvalue weighted by atomic mass is 16.5. The van der Waals surface area contributed by atoms with Crippen LogP contribution in [0.5, 0.6) is 5.75 Å². The maximum Gasteiger partial charge on any atom is 0.236 e. The number of nitrogens with one attached hydrogen (secondary N) is 1. The zero-order valence-electron chi connectivity index (χ0n) is 13.9. The number of benzene rings is 1. The molecule has 0 aromatic heterocycles. The van der Waals surface area contributed by atoms with E-state index in [4.69, 9.17) is 4.74 Å². The van der Waals surface area contributed by atoms with Crippen molar-refractivity contribution in [3.05, 3.63) is 29.8 Å². The molecule has 0 bridgehead atoms. The summed E-state index contributed by atoms with van der Waals surface area (Å²) in [7, 11) is 1.65. The van der Waals surface area contributed by atoms with Gasteiger partial charge in [0.1, 0.15) is 5.75 Å². The Morgan fingerprint density at radius 2 is 1.87 bits per heavy atom. The lowest BCUT2D eigenvalue weighted by atomic mass is 10.1. The van der Waals surface area contributed by atoms with Crippen LogP contribution in [0.4, 0.5) is 0 Å². The summed E-state index contributed by atoms with van der Waals surface area (Å²) >= 11 is 0. The molecule has 1 aromatic rings. The van der Waals surface area contributed by atoms with Crippen LogP contribution in [-0.4, -0.2) is 68.0 Å². The molecule has 126 valence electrons. The van der Waals surface area contributed by atoms with E-state index in [-0.39, 0.29) is 11.8 Å². The van der Waals surface area contributed by atoms with Gasteiger partial charge in [-0.1, -0.05) is 12.1 Å². The molecule has 0 radical (unpaired) electrons. The molecule has 2 rings (SSSR count). The van der Waals surface area contributed by atoms with Crippen molar-refractivity contribution in [1.29, 1.82) is 0 Å². The molecule has 6 heteroatoms. The minimum Gasteiger partial charge on any atom is -0.497 e. The Morgan fingerprint density at radius 1 is 1.17 bits per heavy atom. The molecule has 1 N–H and O–H groups in total. The molecule has 0 aliphatic carbocycles. The number of nitrogens with zero attached hydrogens (tertiary/aromatic N) is 2. The standard InChI is InChI=1S/C17H25N3O3/c1-14(21)19-8-10-20(11-9-19)17(22)13-18-7-6-15-4-3-5-16(12-15)23-2/h3-5,12,18H,6-11,13H2,1-2H3. The highest BCUT2D eigenvalue weighted by Crippen LogP contribution is 2.12. The average molecular weight is 319 g/mol. The lowest BCUT2D eigenvalue weighted by molar-refractivity contribution is -0.137. The Kier molecular flexibility index (Phi) is 6.40. The molecule has 1 saturated heterocycles. The normalized spacial score (nSPS) is 14.7. The highest BCUT2D eigenvalue weighted by Gasteiger charge is 2.21. The summed E-state index contributed by atoms with van der Waals surface area (Å²) in [6, 6.07) is 7.94.